The van der Waals surface area contributed by atoms with Gasteiger partial charge in [0.15, 0.2) is 0 Å². The van der Waals surface area contributed by atoms with Crippen LogP contribution < -0.4 is 10.6 Å². The summed E-state index contributed by atoms with van der Waals surface area (Å²) in [5, 5.41) is 14.6. The first-order chi connectivity index (χ1) is 8.42. The minimum Gasteiger partial charge on any atom is -0.444 e. The summed E-state index contributed by atoms with van der Waals surface area (Å²) in [5.41, 5.74) is 1.25. The lowest BCUT2D eigenvalue weighted by Gasteiger charge is -2.36. The van der Waals surface area contributed by atoms with Gasteiger partial charge in [-0.15, -0.1) is 10.2 Å². The molecule has 1 saturated carbocycles. The fourth-order valence-electron chi connectivity index (χ4n) is 1.74. The van der Waals surface area contributed by atoms with Crippen molar-refractivity contribution in [3.8, 4) is 0 Å². The molecule has 0 aromatic carbocycles. The third kappa shape index (κ3) is 3.83. The molecule has 0 atom stereocenters. The van der Waals surface area contributed by atoms with Crippen LogP contribution in [0.1, 0.15) is 33.6 Å². The summed E-state index contributed by atoms with van der Waals surface area (Å²) >= 11 is 1.48. The molecule has 1 heterocycles. The highest BCUT2D eigenvalue weighted by molar-refractivity contribution is 7.13. The quantitative estimate of drug-likeness (QED) is 0.878. The van der Waals surface area contributed by atoms with Gasteiger partial charge in [-0.2, -0.15) is 0 Å². The molecule has 1 aromatic heterocycles. The SMILES string of the molecule is CC(C)(C)OC(=O)NC1CC(Nc2nncs2)C1. The van der Waals surface area contributed by atoms with Gasteiger partial charge in [0, 0.05) is 12.1 Å². The van der Waals surface area contributed by atoms with E-state index < -0.39 is 5.60 Å². The minimum atomic E-state index is -0.446. The standard InChI is InChI=1S/C11H18N4O2S/c1-11(2,3)17-10(16)14-8-4-7(5-8)13-9-15-12-6-18-9/h6-8H,4-5H2,1-3H3,(H,13,15)(H,14,16). The number of alkyl carbamates (subject to hydrolysis) is 1. The Kier molecular flexibility index (Phi) is 3.70. The van der Waals surface area contributed by atoms with Crippen LogP contribution in [-0.4, -0.2) is 34.0 Å². The maximum atomic E-state index is 11.5. The topological polar surface area (TPSA) is 76.1 Å². The zero-order valence-electron chi connectivity index (χ0n) is 10.8. The van der Waals surface area contributed by atoms with Crippen LogP contribution in [0.15, 0.2) is 5.51 Å². The van der Waals surface area contributed by atoms with Crippen LogP contribution >= 0.6 is 11.3 Å². The lowest BCUT2D eigenvalue weighted by atomic mass is 9.87. The summed E-state index contributed by atoms with van der Waals surface area (Å²) in [7, 11) is 0. The number of hydrogen-bond donors (Lipinski definition) is 2. The number of rotatable bonds is 3. The Morgan fingerprint density at radius 1 is 1.44 bits per heavy atom. The molecule has 7 heteroatoms. The van der Waals surface area contributed by atoms with E-state index in [1.54, 1.807) is 5.51 Å². The minimum absolute atomic E-state index is 0.185. The Bertz CT molecular complexity index is 396. The monoisotopic (exact) mass is 270 g/mol. The zero-order valence-corrected chi connectivity index (χ0v) is 11.6. The molecule has 1 aliphatic rings. The molecule has 1 fully saturated rings. The van der Waals surface area contributed by atoms with Gasteiger partial charge in [-0.3, -0.25) is 0 Å². The van der Waals surface area contributed by atoms with Gasteiger partial charge in [-0.05, 0) is 33.6 Å². The molecule has 0 radical (unpaired) electrons. The van der Waals surface area contributed by atoms with Gasteiger partial charge in [0.05, 0.1) is 0 Å². The predicted molar refractivity (Wildman–Crippen MR) is 69.7 cm³/mol. The molecule has 1 aromatic rings. The van der Waals surface area contributed by atoms with E-state index in [0.717, 1.165) is 18.0 Å². The first-order valence-corrected chi connectivity index (χ1v) is 6.82. The molecule has 0 unspecified atom stereocenters. The highest BCUT2D eigenvalue weighted by Gasteiger charge is 2.31. The van der Waals surface area contributed by atoms with Crippen molar-refractivity contribution < 1.29 is 9.53 Å². The maximum absolute atomic E-state index is 11.5. The summed E-state index contributed by atoms with van der Waals surface area (Å²) in [6, 6.07) is 0.545. The van der Waals surface area contributed by atoms with E-state index in [-0.39, 0.29) is 12.1 Å². The lowest BCUT2D eigenvalue weighted by molar-refractivity contribution is 0.0475. The Balaban J connectivity index is 1.66. The highest BCUT2D eigenvalue weighted by Crippen LogP contribution is 2.25. The number of aromatic nitrogens is 2. The van der Waals surface area contributed by atoms with Crippen LogP contribution in [0.3, 0.4) is 0 Å². The molecule has 0 spiro atoms. The molecule has 18 heavy (non-hydrogen) atoms. The van der Waals surface area contributed by atoms with E-state index in [4.69, 9.17) is 4.74 Å². The molecule has 2 N–H and O–H groups in total. The number of nitrogens with zero attached hydrogens (tertiary/aromatic N) is 2. The van der Waals surface area contributed by atoms with E-state index in [9.17, 15) is 4.79 Å². The highest BCUT2D eigenvalue weighted by atomic mass is 32.1. The van der Waals surface area contributed by atoms with Crippen LogP contribution in [0.4, 0.5) is 9.93 Å². The number of ether oxygens (including phenoxy) is 1. The zero-order chi connectivity index (χ0) is 13.2. The third-order valence-corrected chi connectivity index (χ3v) is 3.17. The van der Waals surface area contributed by atoms with Crippen molar-refractivity contribution in [3.05, 3.63) is 5.51 Å². The largest absolute Gasteiger partial charge is 0.444 e. The molecule has 0 aliphatic heterocycles. The summed E-state index contributed by atoms with van der Waals surface area (Å²) < 4.78 is 5.19. The average Bonchev–Trinajstić information content (AvgIpc) is 2.63. The van der Waals surface area contributed by atoms with Crippen LogP contribution in [0, 0.1) is 0 Å². The Morgan fingerprint density at radius 3 is 2.72 bits per heavy atom. The number of carbonyl (C=O) groups is 1. The maximum Gasteiger partial charge on any atom is 0.407 e. The van der Waals surface area contributed by atoms with E-state index in [1.807, 2.05) is 20.8 Å². The second-order valence-corrected chi connectivity index (χ2v) is 6.23. The number of anilines is 1. The van der Waals surface area contributed by atoms with Crippen molar-refractivity contribution in [1.29, 1.82) is 0 Å². The van der Waals surface area contributed by atoms with Gasteiger partial charge >= 0.3 is 6.09 Å². The molecular weight excluding hydrogens is 252 g/mol. The molecule has 0 saturated heterocycles. The van der Waals surface area contributed by atoms with Crippen LogP contribution in [0.5, 0.6) is 0 Å². The van der Waals surface area contributed by atoms with Gasteiger partial charge < -0.3 is 15.4 Å². The number of nitrogens with one attached hydrogen (secondary N) is 2. The van der Waals surface area contributed by atoms with Crippen molar-refractivity contribution in [1.82, 2.24) is 15.5 Å². The second kappa shape index (κ2) is 5.09. The van der Waals surface area contributed by atoms with Gasteiger partial charge in [-0.25, -0.2) is 4.79 Å². The first kappa shape index (κ1) is 13.1. The van der Waals surface area contributed by atoms with Crippen molar-refractivity contribution in [2.45, 2.75) is 51.3 Å². The van der Waals surface area contributed by atoms with Gasteiger partial charge in [0.1, 0.15) is 11.1 Å². The summed E-state index contributed by atoms with van der Waals surface area (Å²) in [5.74, 6) is 0. The molecule has 100 valence electrons. The Morgan fingerprint density at radius 2 is 2.17 bits per heavy atom. The molecule has 2 rings (SSSR count). The number of hydrogen-bond acceptors (Lipinski definition) is 6. The van der Waals surface area contributed by atoms with E-state index in [1.165, 1.54) is 11.3 Å². The second-order valence-electron chi connectivity index (χ2n) is 5.40. The van der Waals surface area contributed by atoms with Crippen molar-refractivity contribution in [2.24, 2.45) is 0 Å². The first-order valence-electron chi connectivity index (χ1n) is 5.94. The van der Waals surface area contributed by atoms with Gasteiger partial charge in [0.25, 0.3) is 0 Å². The summed E-state index contributed by atoms with van der Waals surface area (Å²) in [6.45, 7) is 5.56. The van der Waals surface area contributed by atoms with Crippen molar-refractivity contribution in [2.75, 3.05) is 5.32 Å². The average molecular weight is 270 g/mol. The predicted octanol–water partition coefficient (Wildman–Crippen LogP) is 2.01. The van der Waals surface area contributed by atoms with E-state index in [0.29, 0.717) is 6.04 Å². The lowest BCUT2D eigenvalue weighted by Crippen LogP contribution is -2.50. The van der Waals surface area contributed by atoms with Crippen LogP contribution in [0.2, 0.25) is 0 Å². The third-order valence-electron chi connectivity index (χ3n) is 2.55. The fraction of sp³-hybridized carbons (Fsp3) is 0.727. The van der Waals surface area contributed by atoms with Crippen LogP contribution in [-0.2, 0) is 4.74 Å². The molecular formula is C11H18N4O2S. The normalized spacial score (nSPS) is 23.1. The van der Waals surface area contributed by atoms with Gasteiger partial charge in [-0.1, -0.05) is 11.3 Å². The number of amides is 1. The summed E-state index contributed by atoms with van der Waals surface area (Å²) in [4.78, 5) is 11.5. The van der Waals surface area contributed by atoms with E-state index >= 15 is 0 Å². The Labute approximate surface area is 110 Å². The van der Waals surface area contributed by atoms with Crippen molar-refractivity contribution >= 4 is 22.6 Å². The Hall–Kier alpha value is -1.37. The van der Waals surface area contributed by atoms with Crippen molar-refractivity contribution in [3.63, 3.8) is 0 Å². The van der Waals surface area contributed by atoms with E-state index in [2.05, 4.69) is 20.8 Å². The smallest absolute Gasteiger partial charge is 0.407 e. The molecule has 6 nitrogen and oxygen atoms in total. The van der Waals surface area contributed by atoms with Gasteiger partial charge in [0.2, 0.25) is 5.13 Å². The number of carbonyl (C=O) groups excluding carboxylic acids is 1. The fourth-order valence-corrected chi connectivity index (χ4v) is 2.26. The summed E-state index contributed by atoms with van der Waals surface area (Å²) in [6.07, 6.45) is 1.43. The molecule has 1 amide bonds. The van der Waals surface area contributed by atoms with Crippen LogP contribution in [0.25, 0.3) is 0 Å². The molecule has 1 aliphatic carbocycles. The molecule has 0 bridgehead atoms.